The van der Waals surface area contributed by atoms with E-state index in [1.807, 2.05) is 0 Å². The number of carbonyl (C=O) groups is 2. The van der Waals surface area contributed by atoms with Crippen LogP contribution in [0.1, 0.15) is 316 Å². The maximum Gasteiger partial charge on any atom is 0.472 e. The Bertz CT molecular complexity index is 1270. The fourth-order valence-electron chi connectivity index (χ4n) is 9.18. The summed E-state index contributed by atoms with van der Waals surface area (Å²) in [7, 11) is -4.39. The lowest BCUT2D eigenvalue weighted by Crippen LogP contribution is -2.29. The van der Waals surface area contributed by atoms with E-state index in [1.165, 1.54) is 231 Å². The van der Waals surface area contributed by atoms with Crippen molar-refractivity contribution in [1.29, 1.82) is 0 Å². The van der Waals surface area contributed by atoms with Gasteiger partial charge < -0.3 is 20.1 Å². The Hall–Kier alpha value is -1.77. The average molecular weight is 1040 g/mol. The van der Waals surface area contributed by atoms with Crippen LogP contribution in [0.2, 0.25) is 0 Å². The molecule has 72 heavy (non-hydrogen) atoms. The smallest absolute Gasteiger partial charge is 0.462 e. The van der Waals surface area contributed by atoms with Crippen LogP contribution in [0.4, 0.5) is 0 Å². The largest absolute Gasteiger partial charge is 0.472 e. The minimum absolute atomic E-state index is 0.0547. The van der Waals surface area contributed by atoms with Gasteiger partial charge in [-0.2, -0.15) is 0 Å². The number of ether oxygens (including phenoxy) is 2. The molecule has 0 aliphatic carbocycles. The second kappa shape index (κ2) is 58.5. The van der Waals surface area contributed by atoms with Crippen molar-refractivity contribution in [3.05, 3.63) is 36.5 Å². The van der Waals surface area contributed by atoms with Crippen LogP contribution in [0.5, 0.6) is 0 Å². The van der Waals surface area contributed by atoms with E-state index in [1.54, 1.807) is 0 Å². The van der Waals surface area contributed by atoms with Crippen LogP contribution in [0.3, 0.4) is 0 Å². The standard InChI is InChI=1S/C62H118NO8P/c1-3-5-7-9-11-13-15-17-19-21-23-25-27-29-30-31-33-35-37-39-41-43-45-47-49-51-53-55-62(65)71-60(59-70-72(66,67)69-57-56-63)58-68-61(64)54-52-50-48-46-44-42-40-38-36-34-32-28-26-24-22-20-18-16-14-12-10-8-6-4-2/h15,17,21,23,27,29,60H,3-14,16,18-20,22,24-26,28,30-59,63H2,1-2H3,(H,66,67)/b17-15-,23-21-,29-27-. The van der Waals surface area contributed by atoms with E-state index in [4.69, 9.17) is 24.3 Å². The summed E-state index contributed by atoms with van der Waals surface area (Å²) in [6, 6.07) is 0. The van der Waals surface area contributed by atoms with E-state index in [-0.39, 0.29) is 38.6 Å². The first-order valence-corrected chi connectivity index (χ1v) is 32.5. The third-order valence-electron chi connectivity index (χ3n) is 13.8. The van der Waals surface area contributed by atoms with Gasteiger partial charge in [-0.1, -0.05) is 288 Å². The van der Waals surface area contributed by atoms with Crippen molar-refractivity contribution in [2.45, 2.75) is 322 Å². The number of phosphoric acid groups is 1. The van der Waals surface area contributed by atoms with Crippen molar-refractivity contribution >= 4 is 19.8 Å². The van der Waals surface area contributed by atoms with Crippen molar-refractivity contribution in [1.82, 2.24) is 0 Å². The summed E-state index contributed by atoms with van der Waals surface area (Å²) < 4.78 is 33.1. The van der Waals surface area contributed by atoms with Gasteiger partial charge in [-0.3, -0.25) is 18.6 Å². The van der Waals surface area contributed by atoms with Gasteiger partial charge in [0.1, 0.15) is 6.61 Å². The summed E-state index contributed by atoms with van der Waals surface area (Å²) in [6.45, 7) is 3.79. The normalized spacial score (nSPS) is 13.2. The Labute approximate surface area is 445 Å². The fourth-order valence-corrected chi connectivity index (χ4v) is 9.94. The molecule has 0 saturated carbocycles. The van der Waals surface area contributed by atoms with E-state index >= 15 is 0 Å². The second-order valence-corrected chi connectivity index (χ2v) is 22.4. The van der Waals surface area contributed by atoms with Gasteiger partial charge in [0, 0.05) is 19.4 Å². The molecule has 0 radical (unpaired) electrons. The number of carbonyl (C=O) groups excluding carboxylic acids is 2. The highest BCUT2D eigenvalue weighted by Gasteiger charge is 2.26. The molecule has 0 fully saturated rings. The van der Waals surface area contributed by atoms with E-state index < -0.39 is 26.5 Å². The quantitative estimate of drug-likeness (QED) is 0.0264. The molecular formula is C62H118NO8P. The Balaban J connectivity index is 3.92. The lowest BCUT2D eigenvalue weighted by Gasteiger charge is -2.19. The summed E-state index contributed by atoms with van der Waals surface area (Å²) in [5.41, 5.74) is 5.39. The number of nitrogens with two attached hydrogens (primary N) is 1. The molecule has 0 amide bonds. The lowest BCUT2D eigenvalue weighted by molar-refractivity contribution is -0.161. The summed E-state index contributed by atoms with van der Waals surface area (Å²) in [5.74, 6) is -0.813. The third kappa shape index (κ3) is 57.5. The number of esters is 2. The molecule has 0 aliphatic heterocycles. The van der Waals surface area contributed by atoms with Gasteiger partial charge in [0.2, 0.25) is 0 Å². The molecule has 9 nitrogen and oxygen atoms in total. The lowest BCUT2D eigenvalue weighted by atomic mass is 10.0. The summed E-state index contributed by atoms with van der Waals surface area (Å²) >= 11 is 0. The molecule has 2 atom stereocenters. The molecule has 0 heterocycles. The molecule has 3 N–H and O–H groups in total. The fraction of sp³-hybridized carbons (Fsp3) is 0.871. The van der Waals surface area contributed by atoms with E-state index in [0.29, 0.717) is 6.42 Å². The van der Waals surface area contributed by atoms with E-state index in [0.717, 1.165) is 51.4 Å². The highest BCUT2D eigenvalue weighted by Crippen LogP contribution is 2.43. The SMILES string of the molecule is CCCCCCC/C=C\C/C=C\C/C=C\CCCCCCCCCCCCCCC(=O)OC(COC(=O)CCCCCCCCCCCCCCCCCCCCCCCCCC)COP(=O)(O)OCCN. The molecule has 0 aromatic carbocycles. The van der Waals surface area contributed by atoms with Crippen molar-refractivity contribution in [3.8, 4) is 0 Å². The second-order valence-electron chi connectivity index (χ2n) is 20.9. The van der Waals surface area contributed by atoms with Gasteiger partial charge in [0.25, 0.3) is 0 Å². The number of hydrogen-bond donors (Lipinski definition) is 2. The highest BCUT2D eigenvalue weighted by atomic mass is 31.2. The maximum atomic E-state index is 12.7. The maximum absolute atomic E-state index is 12.7. The molecule has 0 aromatic heterocycles. The van der Waals surface area contributed by atoms with Gasteiger partial charge in [-0.05, 0) is 51.4 Å². The van der Waals surface area contributed by atoms with Crippen molar-refractivity contribution in [2.75, 3.05) is 26.4 Å². The zero-order valence-electron chi connectivity index (χ0n) is 47.4. The zero-order valence-corrected chi connectivity index (χ0v) is 48.3. The minimum Gasteiger partial charge on any atom is -0.462 e. The topological polar surface area (TPSA) is 134 Å². The Morgan fingerprint density at radius 1 is 0.417 bits per heavy atom. The molecule has 0 aliphatic rings. The van der Waals surface area contributed by atoms with Crippen molar-refractivity contribution in [2.24, 2.45) is 5.73 Å². The van der Waals surface area contributed by atoms with Crippen LogP contribution in [0.15, 0.2) is 36.5 Å². The number of phosphoric ester groups is 1. The van der Waals surface area contributed by atoms with Gasteiger partial charge in [-0.15, -0.1) is 0 Å². The first-order chi connectivity index (χ1) is 35.3. The highest BCUT2D eigenvalue weighted by molar-refractivity contribution is 7.47. The molecule has 10 heteroatoms. The first kappa shape index (κ1) is 70.2. The van der Waals surface area contributed by atoms with Crippen molar-refractivity contribution < 1.29 is 37.6 Å². The Morgan fingerprint density at radius 2 is 0.722 bits per heavy atom. The predicted octanol–water partition coefficient (Wildman–Crippen LogP) is 19.6. The van der Waals surface area contributed by atoms with Crippen molar-refractivity contribution in [3.63, 3.8) is 0 Å². The number of hydrogen-bond acceptors (Lipinski definition) is 8. The number of unbranched alkanes of at least 4 members (excludes halogenated alkanes) is 40. The molecule has 0 rings (SSSR count). The molecule has 0 spiro atoms. The van der Waals surface area contributed by atoms with Crippen LogP contribution >= 0.6 is 7.82 Å². The molecule has 0 saturated heterocycles. The van der Waals surface area contributed by atoms with Gasteiger partial charge >= 0.3 is 19.8 Å². The van der Waals surface area contributed by atoms with Crippen LogP contribution < -0.4 is 5.73 Å². The molecule has 0 aromatic rings. The van der Waals surface area contributed by atoms with Crippen LogP contribution in [0, 0.1) is 0 Å². The Kier molecular flexibility index (Phi) is 57.1. The molecule has 2 unspecified atom stereocenters. The van der Waals surface area contributed by atoms with Gasteiger partial charge in [0.05, 0.1) is 13.2 Å². The number of rotatable bonds is 59. The van der Waals surface area contributed by atoms with Crippen LogP contribution in [-0.2, 0) is 32.7 Å². The minimum atomic E-state index is -4.39. The van der Waals surface area contributed by atoms with Crippen LogP contribution in [-0.4, -0.2) is 49.3 Å². The average Bonchev–Trinajstić information content (AvgIpc) is 3.37. The predicted molar refractivity (Wildman–Crippen MR) is 307 cm³/mol. The van der Waals surface area contributed by atoms with Gasteiger partial charge in [0.15, 0.2) is 6.10 Å². The third-order valence-corrected chi connectivity index (χ3v) is 14.8. The Morgan fingerprint density at radius 3 is 1.07 bits per heavy atom. The summed E-state index contributed by atoms with van der Waals surface area (Å²) in [6.07, 6.45) is 70.7. The summed E-state index contributed by atoms with van der Waals surface area (Å²) in [4.78, 5) is 35.2. The molecule has 0 bridgehead atoms. The summed E-state index contributed by atoms with van der Waals surface area (Å²) in [5, 5.41) is 0. The first-order valence-electron chi connectivity index (χ1n) is 31.0. The number of allylic oxidation sites excluding steroid dienone is 6. The molecule has 424 valence electrons. The van der Waals surface area contributed by atoms with Crippen LogP contribution in [0.25, 0.3) is 0 Å². The van der Waals surface area contributed by atoms with E-state index in [9.17, 15) is 19.0 Å². The van der Waals surface area contributed by atoms with E-state index in [2.05, 4.69) is 50.3 Å². The molecular weight excluding hydrogens is 918 g/mol. The monoisotopic (exact) mass is 1040 g/mol. The van der Waals surface area contributed by atoms with Gasteiger partial charge in [-0.25, -0.2) is 4.57 Å². The zero-order chi connectivity index (χ0) is 52.4.